The van der Waals surface area contributed by atoms with Crippen molar-refractivity contribution in [3.8, 4) is 0 Å². The predicted molar refractivity (Wildman–Crippen MR) is 75.1 cm³/mol. The van der Waals surface area contributed by atoms with E-state index >= 15 is 0 Å². The van der Waals surface area contributed by atoms with Gasteiger partial charge >= 0.3 is 0 Å². The topological polar surface area (TPSA) is 60.2 Å². The number of ether oxygens (including phenoxy) is 1. The van der Waals surface area contributed by atoms with Crippen LogP contribution in [-0.2, 0) is 10.3 Å². The van der Waals surface area contributed by atoms with Crippen molar-refractivity contribution in [2.45, 2.75) is 57.6 Å². The lowest BCUT2D eigenvalue weighted by Crippen LogP contribution is -2.34. The summed E-state index contributed by atoms with van der Waals surface area (Å²) in [5.74, 6) is 2.78. The zero-order valence-electron chi connectivity index (χ0n) is 12.7. The monoisotopic (exact) mass is 279 g/mol. The van der Waals surface area contributed by atoms with E-state index in [1.807, 2.05) is 0 Å². The Morgan fingerprint density at radius 2 is 2.00 bits per heavy atom. The Morgan fingerprint density at radius 3 is 2.60 bits per heavy atom. The maximum Gasteiger partial charge on any atom is 0.244 e. The highest BCUT2D eigenvalue weighted by Crippen LogP contribution is 2.41. The first-order chi connectivity index (χ1) is 9.64. The summed E-state index contributed by atoms with van der Waals surface area (Å²) in [7, 11) is 1.77. The van der Waals surface area contributed by atoms with Crippen molar-refractivity contribution < 1.29 is 9.26 Å². The molecule has 2 fully saturated rings. The lowest BCUT2D eigenvalue weighted by Gasteiger charge is -2.35. The Hall–Kier alpha value is -0.940. The largest absolute Gasteiger partial charge is 0.370 e. The van der Waals surface area contributed by atoms with E-state index in [1.165, 1.54) is 0 Å². The molecule has 1 saturated carbocycles. The standard InChI is InChI=1S/C15H25N3O2/c1-10-4-7-15(19-3,8-5-10)14-17-13(20-18-14)12-11(2)6-9-16-12/h10-12,16H,4-9H2,1-3H3. The Kier molecular flexibility index (Phi) is 3.82. The third-order valence-corrected chi connectivity index (χ3v) is 5.12. The third-order valence-electron chi connectivity index (χ3n) is 5.12. The number of nitrogens with one attached hydrogen (secondary N) is 1. The van der Waals surface area contributed by atoms with Crippen molar-refractivity contribution in [1.29, 1.82) is 0 Å². The number of hydrogen-bond donors (Lipinski definition) is 1. The highest BCUT2D eigenvalue weighted by atomic mass is 16.5. The smallest absolute Gasteiger partial charge is 0.244 e. The normalized spacial score (nSPS) is 38.2. The molecule has 5 nitrogen and oxygen atoms in total. The molecule has 0 aromatic carbocycles. The van der Waals surface area contributed by atoms with Gasteiger partial charge in [0.1, 0.15) is 5.60 Å². The summed E-state index contributed by atoms with van der Waals surface area (Å²) in [6.45, 7) is 5.55. The molecule has 20 heavy (non-hydrogen) atoms. The number of rotatable bonds is 3. The van der Waals surface area contributed by atoms with E-state index in [9.17, 15) is 0 Å². The molecule has 112 valence electrons. The highest BCUT2D eigenvalue weighted by molar-refractivity contribution is 5.06. The third kappa shape index (κ3) is 2.37. The Balaban J connectivity index is 1.81. The number of methoxy groups -OCH3 is 1. The fourth-order valence-corrected chi connectivity index (χ4v) is 3.46. The molecule has 1 aliphatic heterocycles. The molecule has 1 aromatic rings. The first kappa shape index (κ1) is 14.0. The Bertz CT molecular complexity index is 452. The minimum absolute atomic E-state index is 0.202. The molecule has 1 aromatic heterocycles. The molecule has 2 heterocycles. The van der Waals surface area contributed by atoms with Gasteiger partial charge in [0.15, 0.2) is 0 Å². The minimum Gasteiger partial charge on any atom is -0.370 e. The molecule has 0 spiro atoms. The van der Waals surface area contributed by atoms with Crippen molar-refractivity contribution in [3.63, 3.8) is 0 Å². The molecule has 1 saturated heterocycles. The Morgan fingerprint density at radius 1 is 1.25 bits per heavy atom. The van der Waals surface area contributed by atoms with Gasteiger partial charge in [-0.1, -0.05) is 19.0 Å². The van der Waals surface area contributed by atoms with Crippen molar-refractivity contribution in [3.05, 3.63) is 11.7 Å². The van der Waals surface area contributed by atoms with Crippen LogP contribution in [0.5, 0.6) is 0 Å². The molecule has 1 N–H and O–H groups in total. The summed E-state index contributed by atoms with van der Waals surface area (Å²) in [4.78, 5) is 4.67. The second kappa shape index (κ2) is 5.45. The molecule has 0 bridgehead atoms. The zero-order valence-corrected chi connectivity index (χ0v) is 12.7. The Labute approximate surface area is 120 Å². The van der Waals surface area contributed by atoms with Gasteiger partial charge in [0.25, 0.3) is 0 Å². The van der Waals surface area contributed by atoms with Gasteiger partial charge in [-0.25, -0.2) is 0 Å². The fourth-order valence-electron chi connectivity index (χ4n) is 3.46. The fraction of sp³-hybridized carbons (Fsp3) is 0.867. The zero-order chi connectivity index (χ0) is 14.2. The number of nitrogens with zero attached hydrogens (tertiary/aromatic N) is 2. The molecular formula is C15H25N3O2. The molecule has 0 amide bonds. The summed E-state index contributed by atoms with van der Waals surface area (Å²) in [6, 6.07) is 0.202. The van der Waals surface area contributed by atoms with E-state index in [0.29, 0.717) is 5.92 Å². The van der Waals surface area contributed by atoms with Crippen molar-refractivity contribution >= 4 is 0 Å². The van der Waals surface area contributed by atoms with Crippen LogP contribution in [0.25, 0.3) is 0 Å². The van der Waals surface area contributed by atoms with Crippen LogP contribution in [0.3, 0.4) is 0 Å². The first-order valence-corrected chi connectivity index (χ1v) is 7.77. The SMILES string of the molecule is COC1(c2noc(C3NCCC3C)n2)CCC(C)CC1. The number of aromatic nitrogens is 2. The summed E-state index contributed by atoms with van der Waals surface area (Å²) in [5, 5.41) is 7.68. The van der Waals surface area contributed by atoms with Gasteiger partial charge < -0.3 is 14.6 Å². The van der Waals surface area contributed by atoms with E-state index < -0.39 is 0 Å². The quantitative estimate of drug-likeness (QED) is 0.922. The van der Waals surface area contributed by atoms with Gasteiger partial charge in [-0.05, 0) is 50.5 Å². The molecular weight excluding hydrogens is 254 g/mol. The van der Waals surface area contributed by atoms with Crippen LogP contribution >= 0.6 is 0 Å². The lowest BCUT2D eigenvalue weighted by molar-refractivity contribution is -0.0609. The van der Waals surface area contributed by atoms with E-state index in [-0.39, 0.29) is 11.6 Å². The van der Waals surface area contributed by atoms with E-state index in [0.717, 1.165) is 56.3 Å². The first-order valence-electron chi connectivity index (χ1n) is 7.77. The summed E-state index contributed by atoms with van der Waals surface area (Å²) in [6.07, 6.45) is 5.45. The molecule has 1 aliphatic carbocycles. The van der Waals surface area contributed by atoms with Gasteiger partial charge in [-0.2, -0.15) is 4.98 Å². The average molecular weight is 279 g/mol. The molecule has 2 unspecified atom stereocenters. The maximum absolute atomic E-state index is 5.81. The van der Waals surface area contributed by atoms with Gasteiger partial charge in [0, 0.05) is 7.11 Å². The average Bonchev–Trinajstić information content (AvgIpc) is 3.09. The van der Waals surface area contributed by atoms with Crippen LogP contribution in [-0.4, -0.2) is 23.8 Å². The van der Waals surface area contributed by atoms with E-state index in [4.69, 9.17) is 9.26 Å². The molecule has 2 aliphatic rings. The maximum atomic E-state index is 5.81. The summed E-state index contributed by atoms with van der Waals surface area (Å²) in [5.41, 5.74) is -0.337. The molecule has 0 radical (unpaired) electrons. The van der Waals surface area contributed by atoms with Crippen LogP contribution in [0.4, 0.5) is 0 Å². The molecule has 5 heteroatoms. The van der Waals surface area contributed by atoms with Crippen molar-refractivity contribution in [2.75, 3.05) is 13.7 Å². The van der Waals surface area contributed by atoms with Gasteiger partial charge in [-0.3, -0.25) is 0 Å². The van der Waals surface area contributed by atoms with Crippen LogP contribution in [0.1, 0.15) is 63.7 Å². The summed E-state index contributed by atoms with van der Waals surface area (Å²) >= 11 is 0. The molecule has 3 rings (SSSR count). The summed E-state index contributed by atoms with van der Waals surface area (Å²) < 4.78 is 11.3. The van der Waals surface area contributed by atoms with Crippen LogP contribution < -0.4 is 5.32 Å². The van der Waals surface area contributed by atoms with Gasteiger partial charge in [-0.15, -0.1) is 0 Å². The van der Waals surface area contributed by atoms with E-state index in [1.54, 1.807) is 7.11 Å². The molecule has 2 atom stereocenters. The van der Waals surface area contributed by atoms with Crippen molar-refractivity contribution in [2.24, 2.45) is 11.8 Å². The predicted octanol–water partition coefficient (Wildman–Crippen LogP) is 2.79. The van der Waals surface area contributed by atoms with Gasteiger partial charge in [0.2, 0.25) is 11.7 Å². The van der Waals surface area contributed by atoms with Gasteiger partial charge in [0.05, 0.1) is 6.04 Å². The second-order valence-corrected chi connectivity index (χ2v) is 6.53. The highest BCUT2D eigenvalue weighted by Gasteiger charge is 2.41. The van der Waals surface area contributed by atoms with E-state index in [2.05, 4.69) is 29.3 Å². The van der Waals surface area contributed by atoms with Crippen LogP contribution in [0.15, 0.2) is 4.52 Å². The van der Waals surface area contributed by atoms with Crippen LogP contribution in [0, 0.1) is 11.8 Å². The van der Waals surface area contributed by atoms with Crippen LogP contribution in [0.2, 0.25) is 0 Å². The number of hydrogen-bond acceptors (Lipinski definition) is 5. The second-order valence-electron chi connectivity index (χ2n) is 6.53. The minimum atomic E-state index is -0.337. The van der Waals surface area contributed by atoms with Crippen molar-refractivity contribution in [1.82, 2.24) is 15.5 Å². The lowest BCUT2D eigenvalue weighted by atomic mass is 9.79.